The number of amides is 2. The van der Waals surface area contributed by atoms with Crippen LogP contribution in [-0.2, 0) is 9.59 Å². The first-order valence-corrected chi connectivity index (χ1v) is 7.21. The van der Waals surface area contributed by atoms with E-state index in [-0.39, 0.29) is 23.6 Å². The van der Waals surface area contributed by atoms with E-state index in [1.807, 2.05) is 0 Å². The zero-order valence-corrected chi connectivity index (χ0v) is 12.4. The first-order valence-electron chi connectivity index (χ1n) is 5.55. The van der Waals surface area contributed by atoms with Crippen LogP contribution in [0, 0.1) is 0 Å². The quantitative estimate of drug-likeness (QED) is 0.871. The molecule has 0 aliphatic carbocycles. The van der Waals surface area contributed by atoms with E-state index in [0.29, 0.717) is 15.0 Å². The summed E-state index contributed by atoms with van der Waals surface area (Å²) in [6.07, 6.45) is 0. The van der Waals surface area contributed by atoms with Crippen molar-refractivity contribution in [3.63, 3.8) is 0 Å². The fourth-order valence-electron chi connectivity index (χ4n) is 1.63. The Kier molecular flexibility index (Phi) is 4.44. The Morgan fingerprint density at radius 3 is 2.89 bits per heavy atom. The molecule has 0 aromatic heterocycles. The molecule has 1 saturated heterocycles. The van der Waals surface area contributed by atoms with Gasteiger partial charge in [0.05, 0.1) is 5.25 Å². The van der Waals surface area contributed by atoms with Crippen molar-refractivity contribution in [1.29, 1.82) is 0 Å². The fourth-order valence-corrected chi connectivity index (χ4v) is 3.22. The van der Waals surface area contributed by atoms with Crippen molar-refractivity contribution >= 4 is 57.4 Å². The zero-order valence-electron chi connectivity index (χ0n) is 10.1. The number of thiocarbonyl (C=S) groups is 1. The molecule has 0 radical (unpaired) electrons. The minimum atomic E-state index is -0.298. The molecule has 1 unspecified atom stereocenters. The SMILES string of the molecule is CC1SC(=S)N(CC(=O)Nc2cccc(Cl)c2)C1=O. The molecule has 0 spiro atoms. The summed E-state index contributed by atoms with van der Waals surface area (Å²) in [4.78, 5) is 25.0. The molecular weight excluding hydrogens is 304 g/mol. The molecule has 0 bridgehead atoms. The largest absolute Gasteiger partial charge is 0.324 e. The smallest absolute Gasteiger partial charge is 0.244 e. The van der Waals surface area contributed by atoms with Crippen LogP contribution < -0.4 is 5.32 Å². The Morgan fingerprint density at radius 1 is 1.58 bits per heavy atom. The lowest BCUT2D eigenvalue weighted by Crippen LogP contribution is -2.37. The third-order valence-electron chi connectivity index (χ3n) is 2.52. The van der Waals surface area contributed by atoms with E-state index < -0.39 is 0 Å². The molecule has 7 heteroatoms. The lowest BCUT2D eigenvalue weighted by Gasteiger charge is -2.14. The average Bonchev–Trinajstić information content (AvgIpc) is 2.56. The predicted molar refractivity (Wildman–Crippen MR) is 81.4 cm³/mol. The van der Waals surface area contributed by atoms with Crippen LogP contribution >= 0.6 is 35.6 Å². The van der Waals surface area contributed by atoms with Gasteiger partial charge in [-0.3, -0.25) is 14.5 Å². The monoisotopic (exact) mass is 314 g/mol. The third kappa shape index (κ3) is 3.46. The van der Waals surface area contributed by atoms with Crippen molar-refractivity contribution in [3.05, 3.63) is 29.3 Å². The van der Waals surface area contributed by atoms with Crippen LogP contribution in [0.3, 0.4) is 0 Å². The second kappa shape index (κ2) is 5.90. The third-order valence-corrected chi connectivity index (χ3v) is 4.24. The predicted octanol–water partition coefficient (Wildman–Crippen LogP) is 2.53. The number of anilines is 1. The molecule has 0 saturated carbocycles. The van der Waals surface area contributed by atoms with Crippen LogP contribution in [-0.4, -0.2) is 32.8 Å². The van der Waals surface area contributed by atoms with Gasteiger partial charge in [0.15, 0.2) is 0 Å². The summed E-state index contributed by atoms with van der Waals surface area (Å²) < 4.78 is 0.443. The van der Waals surface area contributed by atoms with Gasteiger partial charge in [-0.05, 0) is 25.1 Å². The van der Waals surface area contributed by atoms with Gasteiger partial charge in [-0.15, -0.1) is 0 Å². The summed E-state index contributed by atoms with van der Waals surface area (Å²) in [6.45, 7) is 1.70. The van der Waals surface area contributed by atoms with Gasteiger partial charge >= 0.3 is 0 Å². The first-order chi connectivity index (χ1) is 8.97. The highest BCUT2D eigenvalue weighted by molar-refractivity contribution is 8.24. The van der Waals surface area contributed by atoms with Crippen LogP contribution in [0.1, 0.15) is 6.92 Å². The number of thioether (sulfide) groups is 1. The second-order valence-electron chi connectivity index (χ2n) is 4.01. The summed E-state index contributed by atoms with van der Waals surface area (Å²) in [5.74, 6) is -0.427. The molecule has 19 heavy (non-hydrogen) atoms. The van der Waals surface area contributed by atoms with Gasteiger partial charge in [0.2, 0.25) is 11.8 Å². The maximum atomic E-state index is 11.9. The molecule has 1 aliphatic rings. The summed E-state index contributed by atoms with van der Waals surface area (Å²) in [6, 6.07) is 6.82. The van der Waals surface area contributed by atoms with Gasteiger partial charge in [-0.2, -0.15) is 0 Å². The zero-order chi connectivity index (χ0) is 14.0. The number of carbonyl (C=O) groups is 2. The fraction of sp³-hybridized carbons (Fsp3) is 0.250. The first kappa shape index (κ1) is 14.3. The van der Waals surface area contributed by atoms with Gasteiger partial charge in [0.25, 0.3) is 0 Å². The number of nitrogens with zero attached hydrogens (tertiary/aromatic N) is 1. The second-order valence-corrected chi connectivity index (χ2v) is 6.42. The number of rotatable bonds is 3. The van der Waals surface area contributed by atoms with Crippen molar-refractivity contribution in [3.8, 4) is 0 Å². The van der Waals surface area contributed by atoms with E-state index in [1.54, 1.807) is 31.2 Å². The van der Waals surface area contributed by atoms with Gasteiger partial charge < -0.3 is 5.32 Å². The highest BCUT2D eigenvalue weighted by atomic mass is 35.5. The minimum Gasteiger partial charge on any atom is -0.324 e. The van der Waals surface area contributed by atoms with Crippen LogP contribution in [0.5, 0.6) is 0 Å². The normalized spacial score (nSPS) is 18.8. The Morgan fingerprint density at radius 2 is 2.32 bits per heavy atom. The van der Waals surface area contributed by atoms with E-state index in [9.17, 15) is 9.59 Å². The van der Waals surface area contributed by atoms with Gasteiger partial charge in [-0.1, -0.05) is 41.6 Å². The van der Waals surface area contributed by atoms with E-state index in [0.717, 1.165) is 0 Å². The maximum Gasteiger partial charge on any atom is 0.244 e. The molecule has 1 heterocycles. The molecule has 2 rings (SSSR count). The van der Waals surface area contributed by atoms with E-state index >= 15 is 0 Å². The van der Waals surface area contributed by atoms with E-state index in [2.05, 4.69) is 5.32 Å². The number of nitrogens with one attached hydrogen (secondary N) is 1. The minimum absolute atomic E-state index is 0.0679. The summed E-state index contributed by atoms with van der Waals surface area (Å²) in [7, 11) is 0. The number of benzene rings is 1. The van der Waals surface area contributed by atoms with E-state index in [4.69, 9.17) is 23.8 Å². The molecule has 4 nitrogen and oxygen atoms in total. The Bertz CT molecular complexity index is 550. The molecule has 1 aromatic carbocycles. The van der Waals surface area contributed by atoms with Gasteiger partial charge in [-0.25, -0.2) is 0 Å². The summed E-state index contributed by atoms with van der Waals surface area (Å²) in [5.41, 5.74) is 0.593. The average molecular weight is 315 g/mol. The standard InChI is InChI=1S/C12H11ClN2O2S2/c1-7-11(17)15(12(18)19-7)6-10(16)14-9-4-2-3-8(13)5-9/h2-5,7H,6H2,1H3,(H,14,16). The molecule has 1 N–H and O–H groups in total. The van der Waals surface area contributed by atoms with Gasteiger partial charge in [0, 0.05) is 10.7 Å². The molecule has 1 aromatic rings. The topological polar surface area (TPSA) is 49.4 Å². The highest BCUT2D eigenvalue weighted by Gasteiger charge is 2.34. The van der Waals surface area contributed by atoms with Crippen LogP contribution in [0.2, 0.25) is 5.02 Å². The molecule has 100 valence electrons. The van der Waals surface area contributed by atoms with Crippen LogP contribution in [0.4, 0.5) is 5.69 Å². The van der Waals surface area contributed by atoms with Crippen molar-refractivity contribution in [2.75, 3.05) is 11.9 Å². The van der Waals surface area contributed by atoms with Crippen LogP contribution in [0.25, 0.3) is 0 Å². The summed E-state index contributed by atoms with van der Waals surface area (Å²) in [5, 5.41) is 3.00. The highest BCUT2D eigenvalue weighted by Crippen LogP contribution is 2.26. The van der Waals surface area contributed by atoms with Crippen molar-refractivity contribution in [2.45, 2.75) is 12.2 Å². The number of hydrogen-bond donors (Lipinski definition) is 1. The summed E-state index contributed by atoms with van der Waals surface area (Å²) >= 11 is 12.2. The Labute approximate surface area is 125 Å². The van der Waals surface area contributed by atoms with Gasteiger partial charge in [0.1, 0.15) is 10.9 Å². The lowest BCUT2D eigenvalue weighted by atomic mass is 10.3. The Hall–Kier alpha value is -1.11. The maximum absolute atomic E-state index is 11.9. The molecule has 1 atom stereocenters. The van der Waals surface area contributed by atoms with E-state index in [1.165, 1.54) is 16.7 Å². The lowest BCUT2D eigenvalue weighted by molar-refractivity contribution is -0.129. The molecule has 2 amide bonds. The van der Waals surface area contributed by atoms with Crippen molar-refractivity contribution in [1.82, 2.24) is 4.90 Å². The number of hydrogen-bond acceptors (Lipinski definition) is 4. The van der Waals surface area contributed by atoms with Crippen molar-refractivity contribution in [2.24, 2.45) is 0 Å². The molecule has 1 aliphatic heterocycles. The number of halogens is 1. The van der Waals surface area contributed by atoms with Crippen LogP contribution in [0.15, 0.2) is 24.3 Å². The van der Waals surface area contributed by atoms with Crippen molar-refractivity contribution < 1.29 is 9.59 Å². The number of carbonyl (C=O) groups excluding carboxylic acids is 2. The molecule has 1 fully saturated rings. The Balaban J connectivity index is 1.98. The molecular formula is C12H11ClN2O2S2.